The maximum absolute atomic E-state index is 11.9. The lowest BCUT2D eigenvalue weighted by atomic mass is 9.86. The highest BCUT2D eigenvalue weighted by molar-refractivity contribution is 5.82. The third-order valence-electron chi connectivity index (χ3n) is 3.35. The first kappa shape index (κ1) is 9.04. The number of fused-ring (bicyclic) bond motifs is 1. The summed E-state index contributed by atoms with van der Waals surface area (Å²) in [7, 11) is 0. The number of nitrogens with zero attached hydrogens (tertiary/aromatic N) is 1. The summed E-state index contributed by atoms with van der Waals surface area (Å²) >= 11 is 0. The zero-order valence-electron chi connectivity index (χ0n) is 8.84. The van der Waals surface area contributed by atoms with Crippen LogP contribution in [-0.2, 0) is 4.79 Å². The van der Waals surface area contributed by atoms with E-state index in [1.165, 1.54) is 19.3 Å². The number of carbonyl (C=O) groups excluding carboxylic acids is 1. The normalized spacial score (nSPS) is 32.7. The van der Waals surface area contributed by atoms with Crippen molar-refractivity contribution in [1.82, 2.24) is 4.90 Å². The summed E-state index contributed by atoms with van der Waals surface area (Å²) in [4.78, 5) is 14.0. The molecule has 13 heavy (non-hydrogen) atoms. The predicted molar refractivity (Wildman–Crippen MR) is 52.3 cm³/mol. The molecule has 0 aromatic rings. The van der Waals surface area contributed by atoms with Gasteiger partial charge in [0.25, 0.3) is 0 Å². The molecule has 2 fully saturated rings. The van der Waals surface area contributed by atoms with Gasteiger partial charge in [0.2, 0.25) is 5.91 Å². The van der Waals surface area contributed by atoms with E-state index in [0.717, 1.165) is 12.5 Å². The standard InChI is InChI=1S/C11H19NO/c1-11(2,3)10(13)12-7-8-5-4-6-9(8)12/h8-9H,4-7H2,1-3H3. The van der Waals surface area contributed by atoms with Crippen LogP contribution in [0.4, 0.5) is 0 Å². The van der Waals surface area contributed by atoms with Crippen molar-refractivity contribution in [3.05, 3.63) is 0 Å². The van der Waals surface area contributed by atoms with Crippen molar-refractivity contribution in [2.75, 3.05) is 6.54 Å². The highest BCUT2D eigenvalue weighted by atomic mass is 16.2. The van der Waals surface area contributed by atoms with E-state index < -0.39 is 0 Å². The van der Waals surface area contributed by atoms with Crippen molar-refractivity contribution >= 4 is 5.91 Å². The molecule has 0 radical (unpaired) electrons. The molecule has 2 unspecified atom stereocenters. The second-order valence-corrected chi connectivity index (χ2v) is 5.47. The van der Waals surface area contributed by atoms with Gasteiger partial charge in [-0.3, -0.25) is 4.79 Å². The van der Waals surface area contributed by atoms with Crippen molar-refractivity contribution in [3.63, 3.8) is 0 Å². The summed E-state index contributed by atoms with van der Waals surface area (Å²) in [6, 6.07) is 0.603. The molecule has 1 amide bonds. The van der Waals surface area contributed by atoms with Crippen molar-refractivity contribution in [2.24, 2.45) is 11.3 Å². The summed E-state index contributed by atoms with van der Waals surface area (Å²) in [6.45, 7) is 7.06. The number of amides is 1. The average molecular weight is 181 g/mol. The first-order chi connectivity index (χ1) is 6.00. The zero-order chi connectivity index (χ0) is 9.64. The van der Waals surface area contributed by atoms with E-state index in [0.29, 0.717) is 11.9 Å². The van der Waals surface area contributed by atoms with E-state index in [9.17, 15) is 4.79 Å². The van der Waals surface area contributed by atoms with Crippen LogP contribution in [0.1, 0.15) is 40.0 Å². The van der Waals surface area contributed by atoms with Crippen LogP contribution in [0.3, 0.4) is 0 Å². The van der Waals surface area contributed by atoms with Gasteiger partial charge < -0.3 is 4.90 Å². The minimum atomic E-state index is -0.187. The Bertz CT molecular complexity index is 229. The summed E-state index contributed by atoms with van der Waals surface area (Å²) in [6.07, 6.45) is 3.91. The topological polar surface area (TPSA) is 20.3 Å². The minimum absolute atomic E-state index is 0.187. The highest BCUT2D eigenvalue weighted by Gasteiger charge is 2.46. The molecule has 2 nitrogen and oxygen atoms in total. The number of rotatable bonds is 0. The van der Waals surface area contributed by atoms with E-state index in [1.807, 2.05) is 20.8 Å². The Kier molecular flexibility index (Phi) is 1.90. The first-order valence-electron chi connectivity index (χ1n) is 5.31. The third kappa shape index (κ3) is 1.36. The summed E-state index contributed by atoms with van der Waals surface area (Å²) in [5.74, 6) is 1.18. The van der Waals surface area contributed by atoms with Gasteiger partial charge in [0.15, 0.2) is 0 Å². The second kappa shape index (κ2) is 2.73. The number of hydrogen-bond acceptors (Lipinski definition) is 1. The van der Waals surface area contributed by atoms with Crippen molar-refractivity contribution < 1.29 is 4.79 Å². The summed E-state index contributed by atoms with van der Waals surface area (Å²) in [5, 5.41) is 0. The predicted octanol–water partition coefficient (Wildman–Crippen LogP) is 2.04. The Morgan fingerprint density at radius 3 is 2.54 bits per heavy atom. The lowest BCUT2D eigenvalue weighted by molar-refractivity contribution is -0.150. The summed E-state index contributed by atoms with van der Waals surface area (Å²) < 4.78 is 0. The zero-order valence-corrected chi connectivity index (χ0v) is 8.84. The Labute approximate surface area is 80.3 Å². The SMILES string of the molecule is CC(C)(C)C(=O)N1CC2CCCC21. The van der Waals surface area contributed by atoms with Gasteiger partial charge in [0, 0.05) is 18.0 Å². The Balaban J connectivity index is 2.00. The van der Waals surface area contributed by atoms with Crippen LogP contribution < -0.4 is 0 Å². The summed E-state index contributed by atoms with van der Waals surface area (Å²) in [5.41, 5.74) is -0.187. The number of carbonyl (C=O) groups is 1. The van der Waals surface area contributed by atoms with E-state index in [2.05, 4.69) is 4.90 Å². The fourth-order valence-electron chi connectivity index (χ4n) is 2.55. The molecule has 2 heteroatoms. The van der Waals surface area contributed by atoms with Crippen molar-refractivity contribution in [1.29, 1.82) is 0 Å². The van der Waals surface area contributed by atoms with Gasteiger partial charge in [0.05, 0.1) is 0 Å². The van der Waals surface area contributed by atoms with Gasteiger partial charge in [-0.15, -0.1) is 0 Å². The molecule has 2 aliphatic rings. The molecular formula is C11H19NO. The number of likely N-dealkylation sites (tertiary alicyclic amines) is 1. The minimum Gasteiger partial charge on any atom is -0.339 e. The maximum atomic E-state index is 11.9. The molecule has 1 aliphatic heterocycles. The van der Waals surface area contributed by atoms with Gasteiger partial charge in [-0.25, -0.2) is 0 Å². The molecule has 1 heterocycles. The molecule has 2 atom stereocenters. The van der Waals surface area contributed by atoms with Crippen molar-refractivity contribution in [3.8, 4) is 0 Å². The molecule has 0 aromatic heterocycles. The molecule has 1 saturated heterocycles. The van der Waals surface area contributed by atoms with Crippen LogP contribution in [0.25, 0.3) is 0 Å². The molecule has 0 spiro atoms. The molecule has 1 saturated carbocycles. The van der Waals surface area contributed by atoms with E-state index in [1.54, 1.807) is 0 Å². The van der Waals surface area contributed by atoms with Crippen LogP contribution in [0.2, 0.25) is 0 Å². The first-order valence-corrected chi connectivity index (χ1v) is 5.31. The van der Waals surface area contributed by atoms with Crippen LogP contribution in [-0.4, -0.2) is 23.4 Å². The maximum Gasteiger partial charge on any atom is 0.228 e. The molecular weight excluding hydrogens is 162 g/mol. The fraction of sp³-hybridized carbons (Fsp3) is 0.909. The Morgan fingerprint density at radius 2 is 2.00 bits per heavy atom. The van der Waals surface area contributed by atoms with Gasteiger partial charge >= 0.3 is 0 Å². The van der Waals surface area contributed by atoms with Crippen LogP contribution in [0.5, 0.6) is 0 Å². The lowest BCUT2D eigenvalue weighted by Crippen LogP contribution is -2.58. The number of hydrogen-bond donors (Lipinski definition) is 0. The highest BCUT2D eigenvalue weighted by Crippen LogP contribution is 2.40. The molecule has 0 bridgehead atoms. The molecule has 2 rings (SSSR count). The average Bonchev–Trinajstić information content (AvgIpc) is 2.30. The fourth-order valence-corrected chi connectivity index (χ4v) is 2.55. The third-order valence-corrected chi connectivity index (χ3v) is 3.35. The Morgan fingerprint density at radius 1 is 1.31 bits per heavy atom. The Hall–Kier alpha value is -0.530. The van der Waals surface area contributed by atoms with Gasteiger partial charge in [-0.2, -0.15) is 0 Å². The van der Waals surface area contributed by atoms with E-state index >= 15 is 0 Å². The van der Waals surface area contributed by atoms with E-state index in [-0.39, 0.29) is 5.41 Å². The second-order valence-electron chi connectivity index (χ2n) is 5.47. The smallest absolute Gasteiger partial charge is 0.228 e. The monoisotopic (exact) mass is 181 g/mol. The molecule has 74 valence electrons. The quantitative estimate of drug-likeness (QED) is 0.560. The molecule has 0 aromatic carbocycles. The van der Waals surface area contributed by atoms with E-state index in [4.69, 9.17) is 0 Å². The van der Waals surface area contributed by atoms with Crippen LogP contribution in [0.15, 0.2) is 0 Å². The van der Waals surface area contributed by atoms with Crippen molar-refractivity contribution in [2.45, 2.75) is 46.1 Å². The largest absolute Gasteiger partial charge is 0.339 e. The van der Waals surface area contributed by atoms with Crippen LogP contribution in [0, 0.1) is 11.3 Å². The molecule has 1 aliphatic carbocycles. The van der Waals surface area contributed by atoms with Gasteiger partial charge in [0.1, 0.15) is 0 Å². The molecule has 0 N–H and O–H groups in total. The van der Waals surface area contributed by atoms with Gasteiger partial charge in [-0.05, 0) is 18.8 Å². The van der Waals surface area contributed by atoms with Crippen LogP contribution >= 0.6 is 0 Å². The lowest BCUT2D eigenvalue weighted by Gasteiger charge is -2.47. The van der Waals surface area contributed by atoms with Gasteiger partial charge in [-0.1, -0.05) is 27.2 Å².